The molecule has 1 N–H and O–H groups in total. The number of hydrogen-bond acceptors (Lipinski definition) is 3. The Bertz CT molecular complexity index is 939. The van der Waals surface area contributed by atoms with Crippen molar-refractivity contribution in [2.75, 3.05) is 5.32 Å². The fraction of sp³-hybridized carbons (Fsp3) is 0.100. The highest BCUT2D eigenvalue weighted by Crippen LogP contribution is 2.23. The average Bonchev–Trinajstić information content (AvgIpc) is 2.62. The second-order valence-corrected chi connectivity index (χ2v) is 6.53. The number of hydrogen-bond donors (Lipinski definition) is 1. The van der Waals surface area contributed by atoms with E-state index < -0.39 is 6.10 Å². The van der Waals surface area contributed by atoms with Crippen LogP contribution in [0.2, 0.25) is 0 Å². The highest BCUT2D eigenvalue weighted by Gasteiger charge is 2.17. The zero-order valence-corrected chi connectivity index (χ0v) is 15.1. The summed E-state index contributed by atoms with van der Waals surface area (Å²) in [5.41, 5.74) is 1.09. The van der Waals surface area contributed by atoms with Gasteiger partial charge in [-0.05, 0) is 48.0 Å². The first-order chi connectivity index (χ1) is 12.1. The van der Waals surface area contributed by atoms with E-state index >= 15 is 0 Å². The average molecular weight is 398 g/mol. The van der Waals surface area contributed by atoms with Crippen molar-refractivity contribution in [3.05, 3.63) is 70.7 Å². The zero-order chi connectivity index (χ0) is 17.8. The third-order valence-electron chi connectivity index (χ3n) is 3.79. The number of halogens is 1. The third-order valence-corrected chi connectivity index (χ3v) is 4.28. The molecule has 0 saturated carbocycles. The summed E-state index contributed by atoms with van der Waals surface area (Å²) in [4.78, 5) is 23.5. The topological polar surface area (TPSA) is 55.4 Å². The smallest absolute Gasteiger partial charge is 0.265 e. The van der Waals surface area contributed by atoms with Gasteiger partial charge in [0.2, 0.25) is 0 Å². The van der Waals surface area contributed by atoms with Crippen LogP contribution >= 0.6 is 15.9 Å². The normalized spacial score (nSPS) is 11.8. The first kappa shape index (κ1) is 17.2. The van der Waals surface area contributed by atoms with Crippen LogP contribution in [-0.2, 0) is 4.79 Å². The van der Waals surface area contributed by atoms with E-state index in [1.54, 1.807) is 25.1 Å². The van der Waals surface area contributed by atoms with Crippen LogP contribution in [0.15, 0.2) is 65.1 Å². The van der Waals surface area contributed by atoms with Crippen molar-refractivity contribution in [1.82, 2.24) is 0 Å². The van der Waals surface area contributed by atoms with Gasteiger partial charge in [0.15, 0.2) is 12.4 Å². The molecule has 0 spiro atoms. The maximum Gasteiger partial charge on any atom is 0.265 e. The number of carbonyl (C=O) groups is 2. The Balaban J connectivity index is 1.72. The lowest BCUT2D eigenvalue weighted by Gasteiger charge is -2.16. The summed E-state index contributed by atoms with van der Waals surface area (Å²) in [7, 11) is 0. The number of anilines is 1. The van der Waals surface area contributed by atoms with Crippen molar-refractivity contribution < 1.29 is 14.3 Å². The second kappa shape index (κ2) is 7.49. The highest BCUT2D eigenvalue weighted by atomic mass is 79.9. The third kappa shape index (κ3) is 4.06. The minimum atomic E-state index is -0.744. The molecule has 0 aliphatic heterocycles. The van der Waals surface area contributed by atoms with Crippen molar-refractivity contribution in [3.63, 3.8) is 0 Å². The lowest BCUT2D eigenvalue weighted by molar-refractivity contribution is -0.122. The Kier molecular flexibility index (Phi) is 5.14. The molecule has 3 aromatic carbocycles. The van der Waals surface area contributed by atoms with Crippen LogP contribution in [-0.4, -0.2) is 18.3 Å². The number of nitrogens with one attached hydrogen (secondary N) is 1. The van der Waals surface area contributed by atoms with E-state index in [9.17, 15) is 9.59 Å². The maximum atomic E-state index is 12.4. The Labute approximate surface area is 153 Å². The Hall–Kier alpha value is -2.66. The van der Waals surface area contributed by atoms with E-state index in [1.165, 1.54) is 0 Å². The minimum Gasteiger partial charge on any atom is -0.480 e. The van der Waals surface area contributed by atoms with Gasteiger partial charge < -0.3 is 10.1 Å². The van der Waals surface area contributed by atoms with Crippen LogP contribution in [0.1, 0.15) is 17.3 Å². The van der Waals surface area contributed by atoms with Crippen molar-refractivity contribution in [1.29, 1.82) is 0 Å². The summed E-state index contributed by atoms with van der Waals surface area (Å²) in [6, 6.07) is 18.7. The molecule has 0 aliphatic rings. The molecule has 0 bridgehead atoms. The Morgan fingerprint density at radius 3 is 2.60 bits per heavy atom. The van der Waals surface area contributed by atoms with E-state index in [0.29, 0.717) is 23.3 Å². The van der Waals surface area contributed by atoms with Crippen LogP contribution < -0.4 is 10.1 Å². The molecule has 3 aromatic rings. The van der Waals surface area contributed by atoms with Gasteiger partial charge in [0.1, 0.15) is 5.75 Å². The monoisotopic (exact) mass is 397 g/mol. The van der Waals surface area contributed by atoms with Gasteiger partial charge in [-0.25, -0.2) is 0 Å². The number of fused-ring (bicyclic) bond motifs is 1. The van der Waals surface area contributed by atoms with Gasteiger partial charge in [-0.3, -0.25) is 9.59 Å². The van der Waals surface area contributed by atoms with Crippen molar-refractivity contribution in [3.8, 4) is 5.75 Å². The molecule has 0 unspecified atom stereocenters. The molecule has 126 valence electrons. The largest absolute Gasteiger partial charge is 0.480 e. The van der Waals surface area contributed by atoms with Gasteiger partial charge in [-0.2, -0.15) is 0 Å². The van der Waals surface area contributed by atoms with Crippen molar-refractivity contribution >= 4 is 44.6 Å². The number of carbonyl (C=O) groups excluding carboxylic acids is 2. The molecule has 0 radical (unpaired) electrons. The maximum absolute atomic E-state index is 12.4. The zero-order valence-electron chi connectivity index (χ0n) is 13.5. The number of ether oxygens (including phenoxy) is 1. The summed E-state index contributed by atoms with van der Waals surface area (Å²) in [6.45, 7) is 1.65. The lowest BCUT2D eigenvalue weighted by Crippen LogP contribution is -2.30. The van der Waals surface area contributed by atoms with Crippen molar-refractivity contribution in [2.45, 2.75) is 13.0 Å². The van der Waals surface area contributed by atoms with Crippen LogP contribution in [0, 0.1) is 0 Å². The van der Waals surface area contributed by atoms with E-state index in [0.717, 1.165) is 15.2 Å². The predicted octanol–water partition coefficient (Wildman–Crippen LogP) is 4.82. The molecular weight excluding hydrogens is 382 g/mol. The van der Waals surface area contributed by atoms with Crippen LogP contribution in [0.5, 0.6) is 5.75 Å². The summed E-state index contributed by atoms with van der Waals surface area (Å²) >= 11 is 3.30. The number of benzene rings is 3. The van der Waals surface area contributed by atoms with Crippen LogP contribution in [0.25, 0.3) is 10.8 Å². The molecule has 1 atom stereocenters. The van der Waals surface area contributed by atoms with Gasteiger partial charge in [0.05, 0.1) is 5.56 Å². The van der Waals surface area contributed by atoms with Crippen molar-refractivity contribution in [2.24, 2.45) is 0 Å². The molecular formula is C20H16BrNO3. The first-order valence-electron chi connectivity index (χ1n) is 7.78. The fourth-order valence-corrected chi connectivity index (χ4v) is 2.85. The van der Waals surface area contributed by atoms with E-state index in [1.807, 2.05) is 42.5 Å². The van der Waals surface area contributed by atoms with E-state index in [-0.39, 0.29) is 5.91 Å². The van der Waals surface area contributed by atoms with Gasteiger partial charge >= 0.3 is 0 Å². The molecule has 0 saturated heterocycles. The quantitative estimate of drug-likeness (QED) is 0.627. The number of rotatable bonds is 5. The SMILES string of the molecule is C[C@@H](Oc1ccc(Br)cc1C=O)C(=O)Nc1ccc2ccccc2c1. The number of amides is 1. The molecule has 25 heavy (non-hydrogen) atoms. The summed E-state index contributed by atoms with van der Waals surface area (Å²) < 4.78 is 6.42. The second-order valence-electron chi connectivity index (χ2n) is 5.61. The highest BCUT2D eigenvalue weighted by molar-refractivity contribution is 9.10. The predicted molar refractivity (Wildman–Crippen MR) is 102 cm³/mol. The minimum absolute atomic E-state index is 0.282. The Morgan fingerprint density at radius 2 is 1.84 bits per heavy atom. The van der Waals surface area contributed by atoms with E-state index in [2.05, 4.69) is 21.2 Å². The lowest BCUT2D eigenvalue weighted by atomic mass is 10.1. The van der Waals surface area contributed by atoms with Crippen LogP contribution in [0.4, 0.5) is 5.69 Å². The summed E-state index contributed by atoms with van der Waals surface area (Å²) in [6.07, 6.45) is -0.0417. The molecule has 0 aromatic heterocycles. The summed E-state index contributed by atoms with van der Waals surface area (Å²) in [5, 5.41) is 4.99. The molecule has 0 fully saturated rings. The molecule has 0 heterocycles. The molecule has 0 aliphatic carbocycles. The first-order valence-corrected chi connectivity index (χ1v) is 8.57. The number of aldehydes is 1. The van der Waals surface area contributed by atoms with Gasteiger partial charge in [0, 0.05) is 10.2 Å². The molecule has 5 heteroatoms. The molecule has 4 nitrogen and oxygen atoms in total. The fourth-order valence-electron chi connectivity index (χ4n) is 2.47. The molecule has 1 amide bonds. The van der Waals surface area contributed by atoms with Gasteiger partial charge in [-0.1, -0.05) is 46.3 Å². The van der Waals surface area contributed by atoms with Gasteiger partial charge in [-0.15, -0.1) is 0 Å². The van der Waals surface area contributed by atoms with Gasteiger partial charge in [0.25, 0.3) is 5.91 Å². The standard InChI is InChI=1S/C20H16BrNO3/c1-13(25-19-9-7-17(21)10-16(19)12-23)20(24)22-18-8-6-14-4-2-3-5-15(14)11-18/h2-13H,1H3,(H,22,24)/t13-/m1/s1. The van der Waals surface area contributed by atoms with E-state index in [4.69, 9.17) is 4.74 Å². The van der Waals surface area contributed by atoms with Crippen LogP contribution in [0.3, 0.4) is 0 Å². The Morgan fingerprint density at radius 1 is 1.08 bits per heavy atom. The molecule has 3 rings (SSSR count). The summed E-state index contributed by atoms with van der Waals surface area (Å²) in [5.74, 6) is 0.0920.